The van der Waals surface area contributed by atoms with Crippen molar-refractivity contribution in [3.8, 4) is 0 Å². The molecule has 0 aromatic carbocycles. The molecule has 14 nitrogen and oxygen atoms in total. The number of aliphatic hydroxyl groups is 7. The first-order valence-corrected chi connectivity index (χ1v) is 29.2. The van der Waals surface area contributed by atoms with Gasteiger partial charge in [0.05, 0.1) is 26.4 Å². The van der Waals surface area contributed by atoms with Crippen LogP contribution in [0.4, 0.5) is 0 Å². The fraction of sp³-hybridized carbons (Fsp3) is 0.847. The zero-order valence-corrected chi connectivity index (χ0v) is 45.6. The maximum atomic E-state index is 13.1. The highest BCUT2D eigenvalue weighted by atomic mass is 16.7. The van der Waals surface area contributed by atoms with E-state index in [2.05, 4.69) is 62.5 Å². The Morgan fingerprint density at radius 1 is 0.466 bits per heavy atom. The van der Waals surface area contributed by atoms with Crippen molar-refractivity contribution < 1.29 is 69.0 Å². The third kappa shape index (κ3) is 33.0. The van der Waals surface area contributed by atoms with Crippen molar-refractivity contribution in [3.05, 3.63) is 48.6 Å². The number of hydrogen-bond donors (Lipinski definition) is 7. The molecule has 11 atom stereocenters. The summed E-state index contributed by atoms with van der Waals surface area (Å²) < 4.78 is 34.3. The Morgan fingerprint density at radius 2 is 0.890 bits per heavy atom. The maximum Gasteiger partial charge on any atom is 0.306 e. The van der Waals surface area contributed by atoms with Crippen LogP contribution in [0.15, 0.2) is 48.6 Å². The number of ether oxygens (including phenoxy) is 6. The van der Waals surface area contributed by atoms with E-state index in [0.29, 0.717) is 13.0 Å². The van der Waals surface area contributed by atoms with E-state index in [9.17, 15) is 40.5 Å². The van der Waals surface area contributed by atoms with Crippen LogP contribution in [-0.2, 0) is 33.2 Å². The molecule has 7 N–H and O–H groups in total. The van der Waals surface area contributed by atoms with E-state index in [1.54, 1.807) is 0 Å². The van der Waals surface area contributed by atoms with Crippen molar-refractivity contribution >= 4 is 5.97 Å². The Kier molecular flexibility index (Phi) is 42.3. The van der Waals surface area contributed by atoms with Crippen LogP contribution in [0.25, 0.3) is 0 Å². The standard InChI is InChI=1S/C59H106O14/c1-3-5-7-9-11-13-15-17-19-21-22-23-24-25-26-27-28-30-32-34-36-38-40-42-51(61)71-48(45-68-43-41-39-37-35-33-31-29-20-18-16-14-12-10-8-6-4-2)46-69-58-57(67)55(65)53(63)50(73-58)47-70-59-56(66)54(64)52(62)49(44-60)72-59/h6,8,12,14,18,20,31,33,48-50,52-60,62-67H,3-5,7,9-11,13,15-17,19,21-30,32,34-47H2,1-2H3/b8-6-,14-12-,20-18-,33-31-. The summed E-state index contributed by atoms with van der Waals surface area (Å²) in [5, 5.41) is 72.3. The number of allylic oxidation sites excluding steroid dienone is 8. The summed E-state index contributed by atoms with van der Waals surface area (Å²) in [6.07, 6.45) is 39.0. The van der Waals surface area contributed by atoms with E-state index in [-0.39, 0.29) is 25.6 Å². The summed E-state index contributed by atoms with van der Waals surface area (Å²) in [5.41, 5.74) is 0. The molecule has 0 spiro atoms. The Morgan fingerprint density at radius 3 is 1.38 bits per heavy atom. The van der Waals surface area contributed by atoms with E-state index in [0.717, 1.165) is 70.6 Å². The van der Waals surface area contributed by atoms with Crippen LogP contribution in [0.3, 0.4) is 0 Å². The monoisotopic (exact) mass is 1040 g/mol. The molecule has 0 radical (unpaired) electrons. The normalized spacial score (nSPS) is 25.3. The van der Waals surface area contributed by atoms with Gasteiger partial charge in [-0.1, -0.05) is 210 Å². The molecule has 2 aliphatic heterocycles. The molecule has 0 saturated carbocycles. The molecule has 0 aliphatic carbocycles. The van der Waals surface area contributed by atoms with Gasteiger partial charge in [-0.2, -0.15) is 0 Å². The van der Waals surface area contributed by atoms with Gasteiger partial charge >= 0.3 is 5.97 Å². The molecule has 2 saturated heterocycles. The van der Waals surface area contributed by atoms with Crippen LogP contribution in [0.5, 0.6) is 0 Å². The molecule has 0 bridgehead atoms. The van der Waals surface area contributed by atoms with Crippen molar-refractivity contribution in [2.24, 2.45) is 0 Å². The van der Waals surface area contributed by atoms with Gasteiger partial charge in [-0.3, -0.25) is 4.79 Å². The van der Waals surface area contributed by atoms with E-state index in [1.165, 1.54) is 122 Å². The minimum Gasteiger partial charge on any atom is -0.457 e. The third-order valence-electron chi connectivity index (χ3n) is 13.9. The van der Waals surface area contributed by atoms with Crippen LogP contribution in [0.1, 0.15) is 219 Å². The minimum atomic E-state index is -1.71. The van der Waals surface area contributed by atoms with E-state index < -0.39 is 80.7 Å². The zero-order valence-electron chi connectivity index (χ0n) is 45.6. The summed E-state index contributed by atoms with van der Waals surface area (Å²) >= 11 is 0. The van der Waals surface area contributed by atoms with Crippen LogP contribution >= 0.6 is 0 Å². The van der Waals surface area contributed by atoms with Gasteiger partial charge in [-0.25, -0.2) is 0 Å². The highest BCUT2D eigenvalue weighted by molar-refractivity contribution is 5.69. The van der Waals surface area contributed by atoms with Gasteiger partial charge in [0.25, 0.3) is 0 Å². The van der Waals surface area contributed by atoms with Gasteiger partial charge in [0.1, 0.15) is 54.9 Å². The molecule has 2 aliphatic rings. The Bertz CT molecular complexity index is 1390. The van der Waals surface area contributed by atoms with Crippen molar-refractivity contribution in [2.45, 2.75) is 287 Å². The highest BCUT2D eigenvalue weighted by Crippen LogP contribution is 2.27. The second-order valence-corrected chi connectivity index (χ2v) is 20.4. The van der Waals surface area contributed by atoms with Crippen molar-refractivity contribution in [2.75, 3.05) is 33.0 Å². The molecule has 73 heavy (non-hydrogen) atoms. The second-order valence-electron chi connectivity index (χ2n) is 20.4. The lowest BCUT2D eigenvalue weighted by molar-refractivity contribution is -0.332. The van der Waals surface area contributed by atoms with Crippen LogP contribution in [0.2, 0.25) is 0 Å². The number of carbonyl (C=O) groups excluding carboxylic acids is 1. The first-order chi connectivity index (χ1) is 35.6. The molecular weight excluding hydrogens is 933 g/mol. The van der Waals surface area contributed by atoms with E-state index >= 15 is 0 Å². The average molecular weight is 1040 g/mol. The summed E-state index contributed by atoms with van der Waals surface area (Å²) in [5.74, 6) is -0.384. The summed E-state index contributed by atoms with van der Waals surface area (Å²) in [7, 11) is 0. The van der Waals surface area contributed by atoms with Crippen molar-refractivity contribution in [1.29, 1.82) is 0 Å². The topological polar surface area (TPSA) is 214 Å². The van der Waals surface area contributed by atoms with Gasteiger partial charge in [0.2, 0.25) is 0 Å². The van der Waals surface area contributed by atoms with Gasteiger partial charge in [0.15, 0.2) is 12.6 Å². The summed E-state index contributed by atoms with van der Waals surface area (Å²) in [6.45, 7) is 3.53. The number of rotatable bonds is 47. The lowest BCUT2D eigenvalue weighted by Crippen LogP contribution is -2.61. The van der Waals surface area contributed by atoms with Crippen LogP contribution in [0, 0.1) is 0 Å². The Balaban J connectivity index is 1.71. The van der Waals surface area contributed by atoms with Gasteiger partial charge in [-0.15, -0.1) is 0 Å². The predicted molar refractivity (Wildman–Crippen MR) is 289 cm³/mol. The molecule has 0 aromatic rings. The predicted octanol–water partition coefficient (Wildman–Crippen LogP) is 10.3. The van der Waals surface area contributed by atoms with E-state index in [4.69, 9.17) is 28.4 Å². The molecule has 2 rings (SSSR count). The Hall–Kier alpha value is -2.05. The molecule has 0 aromatic heterocycles. The lowest BCUT2D eigenvalue weighted by Gasteiger charge is -2.42. The van der Waals surface area contributed by atoms with Gasteiger partial charge in [0, 0.05) is 13.0 Å². The summed E-state index contributed by atoms with van der Waals surface area (Å²) in [6, 6.07) is 0. The smallest absolute Gasteiger partial charge is 0.306 e. The fourth-order valence-corrected chi connectivity index (χ4v) is 9.16. The molecule has 2 heterocycles. The van der Waals surface area contributed by atoms with Crippen LogP contribution in [-0.4, -0.2) is 142 Å². The number of aliphatic hydroxyl groups excluding tert-OH is 7. The Labute approximate surface area is 442 Å². The number of esters is 1. The summed E-state index contributed by atoms with van der Waals surface area (Å²) in [4.78, 5) is 13.1. The average Bonchev–Trinajstić information content (AvgIpc) is 3.39. The van der Waals surface area contributed by atoms with E-state index in [1.807, 2.05) is 0 Å². The van der Waals surface area contributed by atoms with Crippen molar-refractivity contribution in [3.63, 3.8) is 0 Å². The molecule has 14 heteroatoms. The number of carbonyl (C=O) groups is 1. The number of hydrogen-bond acceptors (Lipinski definition) is 14. The first-order valence-electron chi connectivity index (χ1n) is 29.2. The first kappa shape index (κ1) is 67.1. The minimum absolute atomic E-state index is 0.0413. The molecule has 0 amide bonds. The molecule has 426 valence electrons. The second kappa shape index (κ2) is 46.1. The highest BCUT2D eigenvalue weighted by Gasteiger charge is 2.47. The van der Waals surface area contributed by atoms with Crippen LogP contribution < -0.4 is 0 Å². The SMILES string of the molecule is CC/C=C\C/C=C\C/C=C\C/C=C\CCCCCOCC(COC1OC(COC2OC(CO)C(O)C(O)C2O)C(O)C(O)C1O)OC(=O)CCCCCCCCCCCCCCCCCCCCCCCCC. The third-order valence-corrected chi connectivity index (χ3v) is 13.9. The lowest BCUT2D eigenvalue weighted by atomic mass is 9.98. The zero-order chi connectivity index (χ0) is 53.0. The molecule has 2 fully saturated rings. The van der Waals surface area contributed by atoms with Gasteiger partial charge in [-0.05, 0) is 51.4 Å². The van der Waals surface area contributed by atoms with Crippen molar-refractivity contribution in [1.82, 2.24) is 0 Å². The molecular formula is C59H106O14. The quantitative estimate of drug-likeness (QED) is 0.0172. The van der Waals surface area contributed by atoms with Gasteiger partial charge < -0.3 is 64.2 Å². The maximum absolute atomic E-state index is 13.1. The number of unbranched alkanes of at least 4 members (excludes halogenated alkanes) is 25. The molecule has 11 unspecified atom stereocenters. The fourth-order valence-electron chi connectivity index (χ4n) is 9.16. The largest absolute Gasteiger partial charge is 0.457 e.